The Morgan fingerprint density at radius 3 is 1.89 bits per heavy atom. The van der Waals surface area contributed by atoms with E-state index >= 15 is 0 Å². The molecule has 0 bridgehead atoms. The number of β-amino-alcohol motifs (C(OH)–C–C–N with tert-alkyl or cyclic N) is 1. The fraction of sp³-hybridized carbons (Fsp3) is 0.659. The molecular weight excluding hydrogens is 828 g/mol. The Labute approximate surface area is 365 Å². The van der Waals surface area contributed by atoms with E-state index in [0.29, 0.717) is 12.0 Å². The number of benzene rings is 1. The zero-order chi connectivity index (χ0) is 47.6. The molecule has 0 spiro atoms. The molecule has 2 saturated heterocycles. The van der Waals surface area contributed by atoms with Gasteiger partial charge >= 0.3 is 0 Å². The Balaban J connectivity index is 1.83. The highest BCUT2D eigenvalue weighted by Gasteiger charge is 2.49. The van der Waals surface area contributed by atoms with Crippen LogP contribution in [0.15, 0.2) is 24.3 Å². The van der Waals surface area contributed by atoms with Crippen LogP contribution in [0.4, 0.5) is 0 Å². The summed E-state index contributed by atoms with van der Waals surface area (Å²) in [5, 5.41) is 75.6. The lowest BCUT2D eigenvalue weighted by atomic mass is 9.83. The van der Waals surface area contributed by atoms with E-state index in [9.17, 15) is 69.0 Å². The number of carbonyl (C=O) groups excluding carboxylic acids is 8. The first-order valence-electron chi connectivity index (χ1n) is 20.9. The average molecular weight is 893 g/mol. The van der Waals surface area contributed by atoms with Gasteiger partial charge < -0.3 is 72.8 Å². The molecule has 0 radical (unpaired) electrons. The second-order valence-electron chi connectivity index (χ2n) is 16.9. The van der Waals surface area contributed by atoms with Gasteiger partial charge in [0.25, 0.3) is 0 Å². The molecule has 3 rings (SSSR count). The maximum Gasteiger partial charge on any atom is 0.248 e. The Kier molecular flexibility index (Phi) is 18.8. The number of aliphatic hydroxyl groups is 5. The quantitative estimate of drug-likeness (QED) is 0.0556. The highest BCUT2D eigenvalue weighted by molar-refractivity contribution is 5.96. The predicted molar refractivity (Wildman–Crippen MR) is 222 cm³/mol. The van der Waals surface area contributed by atoms with E-state index in [2.05, 4.69) is 26.6 Å². The fourth-order valence-electron chi connectivity index (χ4n) is 7.78. The summed E-state index contributed by atoms with van der Waals surface area (Å²) in [5.74, 6) is -9.91. The number of phenolic OH excluding ortho intramolecular Hbond substituents is 1. The summed E-state index contributed by atoms with van der Waals surface area (Å²) in [6.07, 6.45) is -8.29. The first-order valence-corrected chi connectivity index (χ1v) is 20.9. The topological polar surface area (TPSA) is 351 Å². The number of rotatable bonds is 20. The third-order valence-corrected chi connectivity index (χ3v) is 11.7. The highest BCUT2D eigenvalue weighted by Crippen LogP contribution is 2.29. The molecule has 14 unspecified atom stereocenters. The Bertz CT molecular complexity index is 1820. The molecule has 2 fully saturated rings. The van der Waals surface area contributed by atoms with E-state index in [1.807, 2.05) is 0 Å². The second-order valence-corrected chi connectivity index (χ2v) is 16.9. The molecule has 14 atom stereocenters. The minimum absolute atomic E-state index is 0.00256. The molecule has 13 N–H and O–H groups in total. The van der Waals surface area contributed by atoms with Crippen molar-refractivity contribution >= 4 is 47.3 Å². The third kappa shape index (κ3) is 14.0. The van der Waals surface area contributed by atoms with Crippen LogP contribution in [0.2, 0.25) is 0 Å². The molecule has 63 heavy (non-hydrogen) atoms. The van der Waals surface area contributed by atoms with Crippen molar-refractivity contribution in [2.75, 3.05) is 19.6 Å². The number of nitrogens with two attached hydrogens (primary N) is 1. The molecule has 8 amide bonds. The maximum absolute atomic E-state index is 14.3. The Hall–Kier alpha value is -5.42. The molecule has 22 heteroatoms. The number of carbonyl (C=O) groups is 8. The molecule has 2 heterocycles. The number of hydrogen-bond acceptors (Lipinski definition) is 14. The highest BCUT2D eigenvalue weighted by atomic mass is 16.3. The van der Waals surface area contributed by atoms with E-state index in [0.717, 1.165) is 11.8 Å². The smallest absolute Gasteiger partial charge is 0.248 e. The largest absolute Gasteiger partial charge is 0.508 e. The lowest BCUT2D eigenvalue weighted by Crippen LogP contribution is -2.62. The number of nitrogens with one attached hydrogen (secondary N) is 5. The van der Waals surface area contributed by atoms with E-state index in [-0.39, 0.29) is 31.8 Å². The van der Waals surface area contributed by atoms with Gasteiger partial charge in [-0.1, -0.05) is 39.8 Å². The van der Waals surface area contributed by atoms with Gasteiger partial charge in [-0.2, -0.15) is 0 Å². The van der Waals surface area contributed by atoms with Crippen LogP contribution in [-0.2, 0) is 38.4 Å². The van der Waals surface area contributed by atoms with Gasteiger partial charge in [0.2, 0.25) is 47.3 Å². The number of hydrogen-bond donors (Lipinski definition) is 12. The van der Waals surface area contributed by atoms with E-state index < -0.39 is 138 Å². The van der Waals surface area contributed by atoms with Crippen LogP contribution in [0, 0.1) is 17.8 Å². The summed E-state index contributed by atoms with van der Waals surface area (Å²) in [5.41, 5.74) is 6.03. The van der Waals surface area contributed by atoms with Crippen LogP contribution in [0.3, 0.4) is 0 Å². The SMILES string of the molecule is CC(=O)NC(CC(C)C(O)NC(=O)C1C(O)C(C)CN1C(=O)C(NC(=O)C(NC(C)=O)C(C)C(C)c1ccc(O)cc1)C(O)CC(N)=O)C(=O)NC(C(=O)N1CCC(O)C1)C(C)O. The van der Waals surface area contributed by atoms with E-state index in [1.54, 1.807) is 26.0 Å². The number of primary amides is 1. The van der Waals surface area contributed by atoms with Crippen LogP contribution in [-0.4, -0.2) is 168 Å². The van der Waals surface area contributed by atoms with Gasteiger partial charge in [-0.15, -0.1) is 0 Å². The maximum atomic E-state index is 14.3. The van der Waals surface area contributed by atoms with Gasteiger partial charge in [-0.3, -0.25) is 38.4 Å². The Morgan fingerprint density at radius 2 is 1.37 bits per heavy atom. The predicted octanol–water partition coefficient (Wildman–Crippen LogP) is -4.01. The molecule has 2 aliphatic rings. The number of aromatic hydroxyl groups is 1. The monoisotopic (exact) mass is 892 g/mol. The number of amides is 8. The zero-order valence-corrected chi connectivity index (χ0v) is 36.6. The minimum atomic E-state index is -1.95. The van der Waals surface area contributed by atoms with Crippen molar-refractivity contribution in [1.82, 2.24) is 36.4 Å². The van der Waals surface area contributed by atoms with Crippen LogP contribution in [0.25, 0.3) is 0 Å². The van der Waals surface area contributed by atoms with Gasteiger partial charge in [0, 0.05) is 45.3 Å². The number of phenols is 1. The molecule has 0 aromatic heterocycles. The van der Waals surface area contributed by atoms with Crippen molar-refractivity contribution in [3.05, 3.63) is 29.8 Å². The van der Waals surface area contributed by atoms with Crippen molar-refractivity contribution in [1.29, 1.82) is 0 Å². The van der Waals surface area contributed by atoms with Gasteiger partial charge in [0.05, 0.1) is 30.8 Å². The average Bonchev–Trinajstić information content (AvgIpc) is 3.77. The molecule has 1 aromatic rings. The van der Waals surface area contributed by atoms with Gasteiger partial charge in [-0.25, -0.2) is 0 Å². The molecule has 0 aliphatic carbocycles. The van der Waals surface area contributed by atoms with Gasteiger partial charge in [0.15, 0.2) is 0 Å². The van der Waals surface area contributed by atoms with Gasteiger partial charge in [-0.05, 0) is 49.3 Å². The van der Waals surface area contributed by atoms with Gasteiger partial charge in [0.1, 0.15) is 42.2 Å². The third-order valence-electron chi connectivity index (χ3n) is 11.7. The van der Waals surface area contributed by atoms with E-state index in [4.69, 9.17) is 5.73 Å². The minimum Gasteiger partial charge on any atom is -0.508 e. The zero-order valence-electron chi connectivity index (χ0n) is 36.6. The standard InChI is InChI=1S/C41H64N8O14/c1-18(14-28(43-23(6)51)37(59)45-32(22(5)50)40(62)48-13-12-27(54)17-48)36(58)47-39(61)34-35(57)19(2)16-49(34)41(63)33(29(55)15-30(42)56)46-38(60)31(44-24(7)52)21(4)20(3)25-8-10-26(53)11-9-25/h8-11,18-22,27-29,31-36,50,53-55,57-58H,12-17H2,1-7H3,(H2,42,56)(H,43,51)(H,44,52)(H,45,59)(H,46,60)(H,47,61). The van der Waals surface area contributed by atoms with E-state index in [1.165, 1.54) is 44.7 Å². The van der Waals surface area contributed by atoms with Crippen molar-refractivity contribution in [2.24, 2.45) is 23.5 Å². The summed E-state index contributed by atoms with van der Waals surface area (Å²) >= 11 is 0. The summed E-state index contributed by atoms with van der Waals surface area (Å²) in [4.78, 5) is 107. The molecule has 2 aliphatic heterocycles. The fourth-order valence-corrected chi connectivity index (χ4v) is 7.78. The molecule has 22 nitrogen and oxygen atoms in total. The van der Waals surface area contributed by atoms with Crippen molar-refractivity contribution in [3.8, 4) is 5.75 Å². The molecular formula is C41H64N8O14. The molecule has 1 aromatic carbocycles. The summed E-state index contributed by atoms with van der Waals surface area (Å²) < 4.78 is 0. The molecule has 0 saturated carbocycles. The first-order chi connectivity index (χ1) is 29.3. The first kappa shape index (κ1) is 51.9. The number of nitrogens with zero attached hydrogens (tertiary/aromatic N) is 2. The van der Waals surface area contributed by atoms with Crippen molar-refractivity contribution in [2.45, 2.75) is 134 Å². The van der Waals surface area contributed by atoms with Crippen molar-refractivity contribution in [3.63, 3.8) is 0 Å². The van der Waals surface area contributed by atoms with Crippen molar-refractivity contribution < 1.29 is 69.0 Å². The van der Waals surface area contributed by atoms with Crippen LogP contribution in [0.1, 0.15) is 79.2 Å². The normalized spacial score (nSPS) is 23.4. The number of likely N-dealkylation sites (tertiary alicyclic amines) is 2. The van der Waals surface area contributed by atoms with Crippen LogP contribution in [0.5, 0.6) is 5.75 Å². The lowest BCUT2D eigenvalue weighted by molar-refractivity contribution is -0.148. The van der Waals surface area contributed by atoms with Crippen LogP contribution < -0.4 is 32.3 Å². The van der Waals surface area contributed by atoms with Crippen LogP contribution >= 0.6 is 0 Å². The number of aliphatic hydroxyl groups excluding tert-OH is 5. The second kappa shape index (κ2) is 22.8. The molecule has 352 valence electrons. The lowest BCUT2D eigenvalue weighted by Gasteiger charge is -2.34. The Morgan fingerprint density at radius 1 is 0.778 bits per heavy atom. The summed E-state index contributed by atoms with van der Waals surface area (Å²) in [6.45, 7) is 9.80. The summed E-state index contributed by atoms with van der Waals surface area (Å²) in [7, 11) is 0. The summed E-state index contributed by atoms with van der Waals surface area (Å²) in [6, 6.07) is -1.69.